The summed E-state index contributed by atoms with van der Waals surface area (Å²) in [4.78, 5) is 34.0. The van der Waals surface area contributed by atoms with Gasteiger partial charge in [-0.3, -0.25) is 9.59 Å². The number of halogens is 2. The highest BCUT2D eigenvalue weighted by molar-refractivity contribution is 6.42. The predicted octanol–water partition coefficient (Wildman–Crippen LogP) is 2.13. The zero-order chi connectivity index (χ0) is 16.0. The van der Waals surface area contributed by atoms with E-state index in [9.17, 15) is 14.4 Å². The molecule has 1 aromatic rings. The van der Waals surface area contributed by atoms with Crippen LogP contribution in [0.5, 0.6) is 0 Å². The molecule has 2 N–H and O–H groups in total. The lowest BCUT2D eigenvalue weighted by atomic mass is 10.1. The fourth-order valence-corrected chi connectivity index (χ4v) is 1.80. The van der Waals surface area contributed by atoms with E-state index in [-0.39, 0.29) is 28.5 Å². The van der Waals surface area contributed by atoms with Gasteiger partial charge < -0.3 is 15.2 Å². The molecule has 0 heterocycles. The average molecular weight is 334 g/mol. The first-order valence-corrected chi connectivity index (χ1v) is 6.66. The zero-order valence-corrected chi connectivity index (χ0v) is 12.6. The number of carboxylic acids is 1. The predicted molar refractivity (Wildman–Crippen MR) is 76.6 cm³/mol. The molecule has 0 saturated heterocycles. The third-order valence-electron chi connectivity index (χ3n) is 2.65. The highest BCUT2D eigenvalue weighted by Crippen LogP contribution is 2.22. The molecule has 0 bridgehead atoms. The van der Waals surface area contributed by atoms with E-state index in [1.54, 1.807) is 0 Å². The van der Waals surface area contributed by atoms with Crippen molar-refractivity contribution in [2.45, 2.75) is 18.9 Å². The molecule has 114 valence electrons. The first-order chi connectivity index (χ1) is 9.85. The van der Waals surface area contributed by atoms with Crippen LogP contribution < -0.4 is 5.32 Å². The number of carbonyl (C=O) groups is 3. The van der Waals surface area contributed by atoms with E-state index in [0.29, 0.717) is 0 Å². The molecule has 0 aliphatic carbocycles. The Morgan fingerprint density at radius 1 is 1.29 bits per heavy atom. The third kappa shape index (κ3) is 5.24. The van der Waals surface area contributed by atoms with Crippen LogP contribution in [-0.2, 0) is 14.3 Å². The Bertz CT molecular complexity index is 561. The Hall–Kier alpha value is -1.79. The van der Waals surface area contributed by atoms with E-state index in [0.717, 1.165) is 0 Å². The summed E-state index contributed by atoms with van der Waals surface area (Å²) in [7, 11) is 1.20. The lowest BCUT2D eigenvalue weighted by Gasteiger charge is -2.14. The average Bonchev–Trinajstić information content (AvgIpc) is 2.45. The van der Waals surface area contributed by atoms with Gasteiger partial charge in [-0.2, -0.15) is 0 Å². The summed E-state index contributed by atoms with van der Waals surface area (Å²) in [5.41, 5.74) is 0.175. The van der Waals surface area contributed by atoms with Crippen LogP contribution in [0.2, 0.25) is 10.0 Å². The van der Waals surface area contributed by atoms with Gasteiger partial charge in [-0.1, -0.05) is 23.2 Å². The van der Waals surface area contributed by atoms with Crippen molar-refractivity contribution in [1.82, 2.24) is 5.32 Å². The van der Waals surface area contributed by atoms with Crippen molar-refractivity contribution in [1.29, 1.82) is 0 Å². The number of hydrogen-bond acceptors (Lipinski definition) is 4. The molecule has 8 heteroatoms. The smallest absolute Gasteiger partial charge is 0.326 e. The Morgan fingerprint density at radius 3 is 2.48 bits per heavy atom. The number of carbonyl (C=O) groups excluding carboxylic acids is 2. The summed E-state index contributed by atoms with van der Waals surface area (Å²) < 4.78 is 4.42. The lowest BCUT2D eigenvalue weighted by molar-refractivity contribution is -0.142. The molecule has 1 unspecified atom stereocenters. The van der Waals surface area contributed by atoms with Crippen LogP contribution in [0, 0.1) is 0 Å². The van der Waals surface area contributed by atoms with E-state index in [1.165, 1.54) is 25.3 Å². The molecule has 0 aliphatic heterocycles. The highest BCUT2D eigenvalue weighted by Gasteiger charge is 2.22. The number of nitrogens with one attached hydrogen (secondary N) is 1. The van der Waals surface area contributed by atoms with Crippen LogP contribution in [0.1, 0.15) is 23.2 Å². The maximum atomic E-state index is 11.9. The molecule has 1 amide bonds. The van der Waals surface area contributed by atoms with Crippen molar-refractivity contribution in [2.24, 2.45) is 0 Å². The summed E-state index contributed by atoms with van der Waals surface area (Å²) >= 11 is 11.5. The minimum atomic E-state index is -1.24. The molecule has 0 spiro atoms. The van der Waals surface area contributed by atoms with Gasteiger partial charge in [0.05, 0.1) is 17.2 Å². The molecule has 21 heavy (non-hydrogen) atoms. The third-order valence-corrected chi connectivity index (χ3v) is 3.39. The molecular formula is C13H13Cl2NO5. The topological polar surface area (TPSA) is 92.7 Å². The first kappa shape index (κ1) is 17.3. The number of esters is 1. The molecule has 0 aliphatic rings. The normalized spacial score (nSPS) is 11.6. The van der Waals surface area contributed by atoms with Crippen molar-refractivity contribution in [3.8, 4) is 0 Å². The highest BCUT2D eigenvalue weighted by atomic mass is 35.5. The zero-order valence-electron chi connectivity index (χ0n) is 11.1. The molecule has 1 rings (SSSR count). The van der Waals surface area contributed by atoms with E-state index < -0.39 is 23.9 Å². The maximum Gasteiger partial charge on any atom is 0.326 e. The minimum Gasteiger partial charge on any atom is -0.480 e. The second-order valence-electron chi connectivity index (χ2n) is 4.11. The van der Waals surface area contributed by atoms with E-state index >= 15 is 0 Å². The van der Waals surface area contributed by atoms with Crippen LogP contribution >= 0.6 is 23.2 Å². The van der Waals surface area contributed by atoms with Crippen LogP contribution in [0.25, 0.3) is 0 Å². The number of hydrogen-bond donors (Lipinski definition) is 2. The van der Waals surface area contributed by atoms with Gasteiger partial charge in [-0.15, -0.1) is 0 Å². The maximum absolute atomic E-state index is 11.9. The van der Waals surface area contributed by atoms with Crippen LogP contribution in [-0.4, -0.2) is 36.1 Å². The molecule has 0 saturated carbocycles. The first-order valence-electron chi connectivity index (χ1n) is 5.90. The number of methoxy groups -OCH3 is 1. The van der Waals surface area contributed by atoms with Crippen molar-refractivity contribution >= 4 is 41.0 Å². The molecule has 6 nitrogen and oxygen atoms in total. The van der Waals surface area contributed by atoms with Crippen LogP contribution in [0.15, 0.2) is 18.2 Å². The van der Waals surface area contributed by atoms with Crippen molar-refractivity contribution in [3.05, 3.63) is 33.8 Å². The molecular weight excluding hydrogens is 321 g/mol. The number of amides is 1. The standard InChI is InChI=1S/C13H13Cl2NO5/c1-21-11(17)5-4-10(13(19)20)16-12(18)7-2-3-8(14)9(15)6-7/h2-3,6,10H,4-5H2,1H3,(H,16,18)(H,19,20). The number of carboxylic acid groups (broad SMARTS) is 1. The molecule has 0 radical (unpaired) electrons. The van der Waals surface area contributed by atoms with E-state index in [1.807, 2.05) is 0 Å². The Morgan fingerprint density at radius 2 is 1.95 bits per heavy atom. The van der Waals surface area contributed by atoms with Crippen molar-refractivity contribution in [2.75, 3.05) is 7.11 Å². The fraction of sp³-hybridized carbons (Fsp3) is 0.308. The molecule has 1 atom stereocenters. The molecule has 0 fully saturated rings. The Kier molecular flexibility index (Phi) is 6.45. The molecule has 0 aromatic heterocycles. The number of aliphatic carboxylic acids is 1. The summed E-state index contributed by atoms with van der Waals surface area (Å²) in [5, 5.41) is 11.8. The fourth-order valence-electron chi connectivity index (χ4n) is 1.50. The van der Waals surface area contributed by atoms with Gasteiger partial charge in [0.2, 0.25) is 0 Å². The van der Waals surface area contributed by atoms with Crippen molar-refractivity contribution in [3.63, 3.8) is 0 Å². The second-order valence-corrected chi connectivity index (χ2v) is 4.92. The number of ether oxygens (including phenoxy) is 1. The van der Waals surface area contributed by atoms with Gasteiger partial charge in [0.25, 0.3) is 5.91 Å². The van der Waals surface area contributed by atoms with Gasteiger partial charge in [-0.25, -0.2) is 4.79 Å². The Balaban J connectivity index is 2.74. The summed E-state index contributed by atoms with van der Waals surface area (Å²) in [6.45, 7) is 0. The number of rotatable bonds is 6. The number of benzene rings is 1. The van der Waals surface area contributed by atoms with E-state index in [4.69, 9.17) is 28.3 Å². The summed E-state index contributed by atoms with van der Waals surface area (Å²) in [6.07, 6.45) is -0.190. The SMILES string of the molecule is COC(=O)CCC(NC(=O)c1ccc(Cl)c(Cl)c1)C(=O)O. The monoisotopic (exact) mass is 333 g/mol. The Labute approximate surface area is 131 Å². The van der Waals surface area contributed by atoms with Gasteiger partial charge in [-0.05, 0) is 24.6 Å². The van der Waals surface area contributed by atoms with Gasteiger partial charge in [0.15, 0.2) is 0 Å². The minimum absolute atomic E-state index is 0.0743. The summed E-state index contributed by atoms with van der Waals surface area (Å²) in [5.74, 6) is -2.41. The lowest BCUT2D eigenvalue weighted by Crippen LogP contribution is -2.41. The van der Waals surface area contributed by atoms with Gasteiger partial charge in [0.1, 0.15) is 6.04 Å². The van der Waals surface area contributed by atoms with Gasteiger partial charge in [0, 0.05) is 12.0 Å². The summed E-state index contributed by atoms with van der Waals surface area (Å²) in [6, 6.07) is 2.98. The van der Waals surface area contributed by atoms with Crippen molar-refractivity contribution < 1.29 is 24.2 Å². The van der Waals surface area contributed by atoms with Crippen LogP contribution in [0.4, 0.5) is 0 Å². The van der Waals surface area contributed by atoms with Gasteiger partial charge >= 0.3 is 11.9 Å². The van der Waals surface area contributed by atoms with Crippen LogP contribution in [0.3, 0.4) is 0 Å². The molecule has 1 aromatic carbocycles. The quantitative estimate of drug-likeness (QED) is 0.778. The van der Waals surface area contributed by atoms with E-state index in [2.05, 4.69) is 10.1 Å². The second kappa shape index (κ2) is 7.85. The largest absolute Gasteiger partial charge is 0.480 e.